The molecule has 0 heterocycles. The van der Waals surface area contributed by atoms with Gasteiger partial charge in [0.1, 0.15) is 17.2 Å². The first-order chi connectivity index (χ1) is 12.7. The van der Waals surface area contributed by atoms with Gasteiger partial charge in [0.25, 0.3) is 0 Å². The number of hydrogen-bond donors (Lipinski definition) is 2. The molecule has 0 aliphatic carbocycles. The van der Waals surface area contributed by atoms with Gasteiger partial charge < -0.3 is 14.9 Å². The molecule has 1 atom stereocenters. The van der Waals surface area contributed by atoms with Gasteiger partial charge in [0, 0.05) is 39.8 Å². The van der Waals surface area contributed by atoms with Crippen molar-refractivity contribution < 1.29 is 19.7 Å². The lowest BCUT2D eigenvalue weighted by Crippen LogP contribution is -2.15. The standard InChI is InChI=1S/C22H26O4S/c1-6-22(2,3)17-11-16(20(26-4)12-19(17)25)21(27-5)13-18(24)14-7-9-15(23)10-8-14/h6-12,21,23,25H,1,13H2,2-5H3. The van der Waals surface area contributed by atoms with Gasteiger partial charge in [0.05, 0.1) is 7.11 Å². The third-order valence-electron chi connectivity index (χ3n) is 4.74. The van der Waals surface area contributed by atoms with Crippen LogP contribution in [0, 0.1) is 0 Å². The predicted molar refractivity (Wildman–Crippen MR) is 111 cm³/mol. The van der Waals surface area contributed by atoms with Crippen LogP contribution in [-0.2, 0) is 5.41 Å². The average Bonchev–Trinajstić information content (AvgIpc) is 2.66. The molecule has 2 aromatic rings. The Morgan fingerprint density at radius 3 is 2.41 bits per heavy atom. The Bertz CT molecular complexity index is 825. The molecule has 5 heteroatoms. The first kappa shape index (κ1) is 20.9. The molecule has 0 amide bonds. The lowest BCUT2D eigenvalue weighted by Gasteiger charge is -2.25. The fourth-order valence-corrected chi connectivity index (χ4v) is 3.65. The number of allylic oxidation sites excluding steroid dienone is 1. The molecule has 2 aromatic carbocycles. The maximum absolute atomic E-state index is 12.7. The van der Waals surface area contributed by atoms with Crippen molar-refractivity contribution in [2.75, 3.05) is 13.4 Å². The smallest absolute Gasteiger partial charge is 0.164 e. The molecular weight excluding hydrogens is 360 g/mol. The number of carbonyl (C=O) groups excluding carboxylic acids is 1. The molecule has 0 aromatic heterocycles. The Kier molecular flexibility index (Phi) is 6.60. The highest BCUT2D eigenvalue weighted by molar-refractivity contribution is 7.98. The zero-order valence-electron chi connectivity index (χ0n) is 16.2. The number of ketones is 1. The first-order valence-electron chi connectivity index (χ1n) is 8.63. The molecule has 0 bridgehead atoms. The maximum atomic E-state index is 12.7. The third-order valence-corrected chi connectivity index (χ3v) is 5.73. The molecular formula is C22H26O4S. The molecule has 144 valence electrons. The lowest BCUT2D eigenvalue weighted by molar-refractivity contribution is 0.0982. The van der Waals surface area contributed by atoms with Crippen LogP contribution in [0.5, 0.6) is 17.2 Å². The fraction of sp³-hybridized carbons (Fsp3) is 0.318. The number of phenols is 2. The second kappa shape index (κ2) is 8.53. The quantitative estimate of drug-likeness (QED) is 0.479. The average molecular weight is 387 g/mol. The van der Waals surface area contributed by atoms with E-state index in [9.17, 15) is 15.0 Å². The summed E-state index contributed by atoms with van der Waals surface area (Å²) < 4.78 is 5.47. The lowest BCUT2D eigenvalue weighted by atomic mass is 9.82. The normalized spacial score (nSPS) is 12.4. The largest absolute Gasteiger partial charge is 0.508 e. The molecule has 0 saturated carbocycles. The minimum atomic E-state index is -0.422. The summed E-state index contributed by atoms with van der Waals surface area (Å²) in [6, 6.07) is 9.76. The molecule has 0 aliphatic heterocycles. The van der Waals surface area contributed by atoms with E-state index in [2.05, 4.69) is 6.58 Å². The molecule has 0 saturated heterocycles. The van der Waals surface area contributed by atoms with Crippen molar-refractivity contribution >= 4 is 17.5 Å². The summed E-state index contributed by atoms with van der Waals surface area (Å²) in [5, 5.41) is 19.7. The molecule has 2 rings (SSSR count). The second-order valence-electron chi connectivity index (χ2n) is 6.94. The summed E-state index contributed by atoms with van der Waals surface area (Å²) in [6.07, 6.45) is 4.01. The second-order valence-corrected chi connectivity index (χ2v) is 7.98. The minimum Gasteiger partial charge on any atom is -0.508 e. The van der Waals surface area contributed by atoms with Crippen LogP contribution >= 0.6 is 11.8 Å². The number of hydrogen-bond acceptors (Lipinski definition) is 5. The maximum Gasteiger partial charge on any atom is 0.164 e. The third kappa shape index (κ3) is 4.66. The van der Waals surface area contributed by atoms with Crippen LogP contribution in [0.25, 0.3) is 0 Å². The fourth-order valence-electron chi connectivity index (χ4n) is 2.89. The van der Waals surface area contributed by atoms with E-state index in [1.165, 1.54) is 12.1 Å². The van der Waals surface area contributed by atoms with Crippen molar-refractivity contribution in [2.45, 2.75) is 30.9 Å². The van der Waals surface area contributed by atoms with Crippen LogP contribution < -0.4 is 4.74 Å². The van der Waals surface area contributed by atoms with Gasteiger partial charge in [-0.2, -0.15) is 11.8 Å². The predicted octanol–water partition coefficient (Wildman–Crippen LogP) is 5.25. The number of thioether (sulfide) groups is 1. The van der Waals surface area contributed by atoms with Crippen LogP contribution in [0.2, 0.25) is 0 Å². The van der Waals surface area contributed by atoms with Crippen LogP contribution in [0.3, 0.4) is 0 Å². The number of ether oxygens (including phenoxy) is 1. The van der Waals surface area contributed by atoms with E-state index in [0.29, 0.717) is 11.3 Å². The van der Waals surface area contributed by atoms with Crippen LogP contribution in [0.15, 0.2) is 49.1 Å². The first-order valence-corrected chi connectivity index (χ1v) is 9.92. The van der Waals surface area contributed by atoms with Gasteiger partial charge in [0.15, 0.2) is 5.78 Å². The summed E-state index contributed by atoms with van der Waals surface area (Å²) in [7, 11) is 1.55. The molecule has 0 fully saturated rings. The number of methoxy groups -OCH3 is 1. The van der Waals surface area contributed by atoms with E-state index in [1.807, 2.05) is 26.2 Å². The topological polar surface area (TPSA) is 66.8 Å². The van der Waals surface area contributed by atoms with Gasteiger partial charge in [-0.15, -0.1) is 6.58 Å². The van der Waals surface area contributed by atoms with Gasteiger partial charge in [-0.3, -0.25) is 4.79 Å². The monoisotopic (exact) mass is 386 g/mol. The van der Waals surface area contributed by atoms with E-state index < -0.39 is 5.41 Å². The van der Waals surface area contributed by atoms with Crippen molar-refractivity contribution in [3.05, 3.63) is 65.7 Å². The highest BCUT2D eigenvalue weighted by Gasteiger charge is 2.26. The van der Waals surface area contributed by atoms with Gasteiger partial charge >= 0.3 is 0 Å². The molecule has 27 heavy (non-hydrogen) atoms. The number of rotatable bonds is 8. The number of carbonyl (C=O) groups is 1. The molecule has 4 nitrogen and oxygen atoms in total. The van der Waals surface area contributed by atoms with Crippen LogP contribution in [0.4, 0.5) is 0 Å². The zero-order valence-corrected chi connectivity index (χ0v) is 17.0. The highest BCUT2D eigenvalue weighted by Crippen LogP contribution is 2.43. The molecule has 0 radical (unpaired) electrons. The van der Waals surface area contributed by atoms with E-state index in [0.717, 1.165) is 11.1 Å². The molecule has 2 N–H and O–H groups in total. The SMILES string of the molecule is C=CC(C)(C)c1cc(C(CC(=O)c2ccc(O)cc2)SC)c(OC)cc1O. The summed E-state index contributed by atoms with van der Waals surface area (Å²) >= 11 is 1.55. The number of phenolic OH excluding ortho intramolecular Hbond substituents is 2. The highest BCUT2D eigenvalue weighted by atomic mass is 32.2. The minimum absolute atomic E-state index is 0.0194. The summed E-state index contributed by atoms with van der Waals surface area (Å²) in [6.45, 7) is 7.81. The molecule has 0 spiro atoms. The number of aromatic hydroxyl groups is 2. The molecule has 1 unspecified atom stereocenters. The van der Waals surface area contributed by atoms with Crippen LogP contribution in [-0.4, -0.2) is 29.4 Å². The van der Waals surface area contributed by atoms with Crippen molar-refractivity contribution in [1.29, 1.82) is 0 Å². The van der Waals surface area contributed by atoms with Gasteiger partial charge in [-0.05, 0) is 36.6 Å². The Morgan fingerprint density at radius 1 is 1.26 bits per heavy atom. The van der Waals surface area contributed by atoms with Crippen molar-refractivity contribution in [1.82, 2.24) is 0 Å². The van der Waals surface area contributed by atoms with E-state index in [-0.39, 0.29) is 29.0 Å². The van der Waals surface area contributed by atoms with E-state index >= 15 is 0 Å². The van der Waals surface area contributed by atoms with Crippen molar-refractivity contribution in [2.24, 2.45) is 0 Å². The van der Waals surface area contributed by atoms with E-state index in [4.69, 9.17) is 4.74 Å². The Balaban J connectivity index is 2.42. The Morgan fingerprint density at radius 2 is 1.89 bits per heavy atom. The number of benzene rings is 2. The van der Waals surface area contributed by atoms with Crippen molar-refractivity contribution in [3.8, 4) is 17.2 Å². The zero-order chi connectivity index (χ0) is 20.2. The Labute approximate surface area is 164 Å². The summed E-state index contributed by atoms with van der Waals surface area (Å²) in [5.74, 6) is 0.803. The Hall–Kier alpha value is -2.40. The van der Waals surface area contributed by atoms with Gasteiger partial charge in [-0.1, -0.05) is 19.9 Å². The summed E-state index contributed by atoms with van der Waals surface area (Å²) in [5.41, 5.74) is 1.73. The van der Waals surface area contributed by atoms with Crippen LogP contribution in [0.1, 0.15) is 47.0 Å². The summed E-state index contributed by atoms with van der Waals surface area (Å²) in [4.78, 5) is 12.7. The van der Waals surface area contributed by atoms with E-state index in [1.54, 1.807) is 43.1 Å². The number of Topliss-reactive ketones (excluding diaryl/α,β-unsaturated/α-hetero) is 1. The molecule has 0 aliphatic rings. The van der Waals surface area contributed by atoms with Gasteiger partial charge in [0.2, 0.25) is 0 Å². The van der Waals surface area contributed by atoms with Gasteiger partial charge in [-0.25, -0.2) is 0 Å². The van der Waals surface area contributed by atoms with Crippen molar-refractivity contribution in [3.63, 3.8) is 0 Å².